The third kappa shape index (κ3) is 3.67. The topological polar surface area (TPSA) is 54.4 Å². The largest absolute Gasteiger partial charge is 1.00 e. The van der Waals surface area contributed by atoms with Crippen LogP contribution >= 0.6 is 11.6 Å². The third-order valence-electron chi connectivity index (χ3n) is 0.902. The summed E-state index contributed by atoms with van der Waals surface area (Å²) < 4.78 is 0. The van der Waals surface area contributed by atoms with Crippen molar-refractivity contribution in [3.05, 3.63) is 28.4 Å². The zero-order valence-corrected chi connectivity index (χ0v) is 8.67. The molecule has 0 fully saturated rings. The van der Waals surface area contributed by atoms with E-state index in [0.717, 1.165) is 0 Å². The summed E-state index contributed by atoms with van der Waals surface area (Å²) in [6, 6.07) is 3.17. The summed E-state index contributed by atoms with van der Waals surface area (Å²) in [7, 11) is 0. The van der Waals surface area contributed by atoms with E-state index in [1.165, 1.54) is 6.20 Å². The Morgan fingerprint density at radius 2 is 2.27 bits per heavy atom. The van der Waals surface area contributed by atoms with Gasteiger partial charge in [-0.05, 0) is 12.1 Å². The fourth-order valence-electron chi connectivity index (χ4n) is 0.495. The fourth-order valence-corrected chi connectivity index (χ4v) is 0.606. The molecule has 0 atom stereocenters. The first-order valence-electron chi connectivity index (χ1n) is 2.53. The maximum absolute atomic E-state index is 9.64. The minimum Gasteiger partial charge on any atom is -0.242 e. The van der Waals surface area contributed by atoms with Crippen LogP contribution in [0.25, 0.3) is 0 Å². The molecular weight excluding hydrogens is 177 g/mol. The van der Waals surface area contributed by atoms with Crippen molar-refractivity contribution >= 4 is 17.3 Å². The summed E-state index contributed by atoms with van der Waals surface area (Å²) in [6.45, 7) is 0. The number of nitroso groups, excluding NO2 is 1. The molecule has 1 rings (SSSR count). The van der Waals surface area contributed by atoms with Crippen molar-refractivity contribution in [2.75, 3.05) is 5.43 Å². The van der Waals surface area contributed by atoms with Crippen LogP contribution in [0.5, 0.6) is 0 Å². The normalized spacial score (nSPS) is 8.09. The molecule has 0 bridgehead atoms. The van der Waals surface area contributed by atoms with Crippen molar-refractivity contribution in [1.82, 2.24) is 4.98 Å². The Bertz CT molecular complexity index is 228. The predicted molar refractivity (Wildman–Crippen MR) is 38.7 cm³/mol. The van der Waals surface area contributed by atoms with E-state index in [1.807, 2.05) is 0 Å². The molecule has 1 N–H and O–H groups in total. The molecule has 0 aromatic carbocycles. The molecule has 1 heterocycles. The van der Waals surface area contributed by atoms with Gasteiger partial charge in [0, 0.05) is 0 Å². The van der Waals surface area contributed by atoms with E-state index in [1.54, 1.807) is 12.1 Å². The van der Waals surface area contributed by atoms with Crippen LogP contribution in [0.3, 0.4) is 0 Å². The van der Waals surface area contributed by atoms with Crippen LogP contribution in [0.2, 0.25) is 5.15 Å². The molecule has 52 valence electrons. The Morgan fingerprint density at radius 3 is 2.73 bits per heavy atom. The van der Waals surface area contributed by atoms with Crippen molar-refractivity contribution in [3.8, 4) is 0 Å². The predicted octanol–water partition coefficient (Wildman–Crippen LogP) is -1.17. The van der Waals surface area contributed by atoms with Gasteiger partial charge in [-0.2, -0.15) is 0 Å². The molecule has 0 aliphatic heterocycles. The summed E-state index contributed by atoms with van der Waals surface area (Å²) in [5, 5.41) is 2.84. The van der Waals surface area contributed by atoms with E-state index in [-0.39, 0.29) is 29.6 Å². The van der Waals surface area contributed by atoms with Crippen LogP contribution in [0.1, 0.15) is 0 Å². The molecule has 4 nitrogen and oxygen atoms in total. The van der Waals surface area contributed by atoms with E-state index in [4.69, 9.17) is 11.6 Å². The van der Waals surface area contributed by atoms with E-state index in [9.17, 15) is 4.91 Å². The second-order valence-electron chi connectivity index (χ2n) is 1.57. The number of pyridine rings is 1. The van der Waals surface area contributed by atoms with E-state index < -0.39 is 0 Å². The second kappa shape index (κ2) is 5.49. The van der Waals surface area contributed by atoms with Gasteiger partial charge in [-0.3, -0.25) is 0 Å². The summed E-state index contributed by atoms with van der Waals surface area (Å²) in [5.41, 5.74) is 2.71. The Labute approximate surface area is 90.6 Å². The molecule has 0 aliphatic rings. The second-order valence-corrected chi connectivity index (χ2v) is 1.96. The Hall–Kier alpha value is -0.160. The first kappa shape index (κ1) is 10.8. The van der Waals surface area contributed by atoms with Crippen molar-refractivity contribution in [2.45, 2.75) is 0 Å². The van der Waals surface area contributed by atoms with Crippen molar-refractivity contribution in [3.63, 3.8) is 0 Å². The molecule has 11 heavy (non-hydrogen) atoms. The van der Waals surface area contributed by atoms with Crippen LogP contribution < -0.4 is 35.0 Å². The molecule has 0 unspecified atom stereocenters. The van der Waals surface area contributed by atoms with Crippen LogP contribution in [0.15, 0.2) is 23.6 Å². The van der Waals surface area contributed by atoms with Gasteiger partial charge in [-0.15, -0.1) is 4.91 Å². The molecule has 0 saturated heterocycles. The third-order valence-corrected chi connectivity index (χ3v) is 1.13. The van der Waals surface area contributed by atoms with Crippen LogP contribution in [0, 0.1) is 4.91 Å². The summed E-state index contributed by atoms with van der Waals surface area (Å²) in [5.74, 6) is 0. The Balaban J connectivity index is 0.000001000. The first-order chi connectivity index (χ1) is 4.83. The van der Waals surface area contributed by atoms with E-state index in [2.05, 4.69) is 15.7 Å². The SMILES string of the molecule is O=NNc1ccc(Cl)nc1.[Na+]. The fraction of sp³-hybridized carbons (Fsp3) is 0. The van der Waals surface area contributed by atoms with Gasteiger partial charge in [0.05, 0.1) is 17.2 Å². The standard InChI is InChI=1S/C5H4ClN3O.Na/c6-5-2-1-4(3-7-5)8-9-10;/h1-3H,(H,8,10);/q;+1. The van der Waals surface area contributed by atoms with E-state index >= 15 is 0 Å². The maximum Gasteiger partial charge on any atom is 1.00 e. The van der Waals surface area contributed by atoms with Gasteiger partial charge in [0.1, 0.15) is 5.15 Å². The minimum atomic E-state index is 0. The van der Waals surface area contributed by atoms with Crippen molar-refractivity contribution in [2.24, 2.45) is 5.29 Å². The van der Waals surface area contributed by atoms with E-state index in [0.29, 0.717) is 10.8 Å². The molecule has 1 aromatic heterocycles. The van der Waals surface area contributed by atoms with Gasteiger partial charge in [0.15, 0.2) is 0 Å². The summed E-state index contributed by atoms with van der Waals surface area (Å²) in [4.78, 5) is 13.3. The van der Waals surface area contributed by atoms with Gasteiger partial charge in [0.2, 0.25) is 0 Å². The first-order valence-corrected chi connectivity index (χ1v) is 2.90. The van der Waals surface area contributed by atoms with Gasteiger partial charge < -0.3 is 0 Å². The van der Waals surface area contributed by atoms with Gasteiger partial charge >= 0.3 is 29.6 Å². The van der Waals surface area contributed by atoms with Crippen LogP contribution in [0.4, 0.5) is 5.69 Å². The molecule has 0 amide bonds. The molecule has 0 radical (unpaired) electrons. The quantitative estimate of drug-likeness (QED) is 0.270. The Morgan fingerprint density at radius 1 is 1.55 bits per heavy atom. The molecule has 1 aromatic rings. The average molecular weight is 181 g/mol. The van der Waals surface area contributed by atoms with Gasteiger partial charge in [-0.25, -0.2) is 10.4 Å². The average Bonchev–Trinajstić information content (AvgIpc) is 1.95. The zero-order chi connectivity index (χ0) is 7.40. The van der Waals surface area contributed by atoms with Crippen LogP contribution in [-0.2, 0) is 0 Å². The molecular formula is C5H4ClN3NaO+. The van der Waals surface area contributed by atoms with Crippen molar-refractivity contribution < 1.29 is 29.6 Å². The molecule has 6 heteroatoms. The molecule has 0 spiro atoms. The molecule has 0 aliphatic carbocycles. The number of halogens is 1. The molecule has 0 saturated carbocycles. The monoisotopic (exact) mass is 180 g/mol. The van der Waals surface area contributed by atoms with Crippen LogP contribution in [-0.4, -0.2) is 4.98 Å². The minimum absolute atomic E-state index is 0. The number of hydrogen-bond donors (Lipinski definition) is 1. The number of nitrogens with one attached hydrogen (secondary N) is 1. The number of anilines is 1. The number of rotatable bonds is 2. The summed E-state index contributed by atoms with van der Waals surface area (Å²) in [6.07, 6.45) is 1.42. The summed E-state index contributed by atoms with van der Waals surface area (Å²) >= 11 is 5.46. The smallest absolute Gasteiger partial charge is 0.242 e. The van der Waals surface area contributed by atoms with Crippen molar-refractivity contribution in [1.29, 1.82) is 0 Å². The number of aromatic nitrogens is 1. The van der Waals surface area contributed by atoms with Gasteiger partial charge in [0.25, 0.3) is 0 Å². The number of nitrogens with zero attached hydrogens (tertiary/aromatic N) is 2. The van der Waals surface area contributed by atoms with Gasteiger partial charge in [-0.1, -0.05) is 11.6 Å². The maximum atomic E-state index is 9.64. The Kier molecular flexibility index (Phi) is 5.41. The zero-order valence-electron chi connectivity index (χ0n) is 5.91. The number of hydrogen-bond acceptors (Lipinski definition) is 3.